The first-order chi connectivity index (χ1) is 9.77. The SMILES string of the molecule is O=C(NC(=S)N[C@H]1CCS(=O)(=O)C1)c1ccc(Cl)cc1Cl. The molecule has 1 aliphatic heterocycles. The van der Waals surface area contributed by atoms with E-state index >= 15 is 0 Å². The summed E-state index contributed by atoms with van der Waals surface area (Å²) in [5.41, 5.74) is 0.240. The Kier molecular flexibility index (Phi) is 5.08. The van der Waals surface area contributed by atoms with Gasteiger partial charge >= 0.3 is 0 Å². The molecule has 0 unspecified atom stereocenters. The second-order valence-electron chi connectivity index (χ2n) is 4.65. The third-order valence-electron chi connectivity index (χ3n) is 2.97. The lowest BCUT2D eigenvalue weighted by molar-refractivity contribution is 0.0976. The number of hydrogen-bond donors (Lipinski definition) is 2. The van der Waals surface area contributed by atoms with E-state index in [0.29, 0.717) is 11.4 Å². The van der Waals surface area contributed by atoms with E-state index in [4.69, 9.17) is 35.4 Å². The third kappa shape index (κ3) is 4.54. The van der Waals surface area contributed by atoms with E-state index in [1.54, 1.807) is 6.07 Å². The van der Waals surface area contributed by atoms with Crippen LogP contribution in [-0.4, -0.2) is 37.0 Å². The molecule has 1 aromatic rings. The fourth-order valence-electron chi connectivity index (χ4n) is 1.97. The zero-order valence-electron chi connectivity index (χ0n) is 10.7. The van der Waals surface area contributed by atoms with Crippen LogP contribution >= 0.6 is 35.4 Å². The normalized spacial score (nSPS) is 20.0. The van der Waals surface area contributed by atoms with Crippen LogP contribution in [0.4, 0.5) is 0 Å². The van der Waals surface area contributed by atoms with Crippen molar-refractivity contribution in [3.05, 3.63) is 33.8 Å². The van der Waals surface area contributed by atoms with Gasteiger partial charge in [0, 0.05) is 11.1 Å². The van der Waals surface area contributed by atoms with Gasteiger partial charge in [0.25, 0.3) is 5.91 Å². The van der Waals surface area contributed by atoms with Crippen molar-refractivity contribution in [1.82, 2.24) is 10.6 Å². The minimum Gasteiger partial charge on any atom is -0.359 e. The van der Waals surface area contributed by atoms with E-state index in [1.807, 2.05) is 0 Å². The first kappa shape index (κ1) is 16.5. The van der Waals surface area contributed by atoms with E-state index in [0.717, 1.165) is 0 Å². The Morgan fingerprint density at radius 3 is 2.62 bits per heavy atom. The van der Waals surface area contributed by atoms with Crippen molar-refractivity contribution in [3.63, 3.8) is 0 Å². The molecule has 0 spiro atoms. The maximum absolute atomic E-state index is 12.0. The lowest BCUT2D eigenvalue weighted by Gasteiger charge is -2.14. The van der Waals surface area contributed by atoms with Crippen LogP contribution in [0, 0.1) is 0 Å². The molecule has 2 N–H and O–H groups in total. The molecule has 0 saturated carbocycles. The summed E-state index contributed by atoms with van der Waals surface area (Å²) in [4.78, 5) is 12.0. The molecule has 1 aliphatic rings. The van der Waals surface area contributed by atoms with Gasteiger partial charge in [-0.15, -0.1) is 0 Å². The van der Waals surface area contributed by atoms with Crippen LogP contribution in [-0.2, 0) is 9.84 Å². The van der Waals surface area contributed by atoms with Gasteiger partial charge in [-0.25, -0.2) is 8.42 Å². The van der Waals surface area contributed by atoms with Crippen molar-refractivity contribution in [2.24, 2.45) is 0 Å². The molecule has 9 heteroatoms. The van der Waals surface area contributed by atoms with Crippen molar-refractivity contribution in [2.45, 2.75) is 12.5 Å². The standard InChI is InChI=1S/C12H12Cl2N2O3S2/c13-7-1-2-9(10(14)5-7)11(17)16-12(20)15-8-3-4-21(18,19)6-8/h1-2,5,8H,3-4,6H2,(H2,15,16,17,20)/t8-/m0/s1. The van der Waals surface area contributed by atoms with E-state index in [9.17, 15) is 13.2 Å². The highest BCUT2D eigenvalue weighted by molar-refractivity contribution is 7.91. The van der Waals surface area contributed by atoms with Gasteiger partial charge in [-0.1, -0.05) is 23.2 Å². The molecule has 0 aromatic heterocycles. The Balaban J connectivity index is 1.95. The van der Waals surface area contributed by atoms with Crippen molar-refractivity contribution in [3.8, 4) is 0 Å². The van der Waals surface area contributed by atoms with Crippen LogP contribution in [0.25, 0.3) is 0 Å². The quantitative estimate of drug-likeness (QED) is 0.780. The van der Waals surface area contributed by atoms with Crippen molar-refractivity contribution in [2.75, 3.05) is 11.5 Å². The molecule has 5 nitrogen and oxygen atoms in total. The van der Waals surface area contributed by atoms with Gasteiger partial charge < -0.3 is 5.32 Å². The Bertz CT molecular complexity index is 692. The average Bonchev–Trinajstić information content (AvgIpc) is 2.67. The number of nitrogens with one attached hydrogen (secondary N) is 2. The number of rotatable bonds is 2. The number of carbonyl (C=O) groups excluding carboxylic acids is 1. The Morgan fingerprint density at radius 2 is 2.05 bits per heavy atom. The fraction of sp³-hybridized carbons (Fsp3) is 0.333. The van der Waals surface area contributed by atoms with Gasteiger partial charge in [0.15, 0.2) is 14.9 Å². The van der Waals surface area contributed by atoms with Gasteiger partial charge in [0.2, 0.25) is 0 Å². The molecule has 2 rings (SSSR count). The predicted molar refractivity (Wildman–Crippen MR) is 86.7 cm³/mol. The number of thiocarbonyl (C=S) groups is 1. The summed E-state index contributed by atoms with van der Waals surface area (Å²) in [5, 5.41) is 6.00. The van der Waals surface area contributed by atoms with Gasteiger partial charge in [0.1, 0.15) is 0 Å². The van der Waals surface area contributed by atoms with Crippen molar-refractivity contribution >= 4 is 56.3 Å². The van der Waals surface area contributed by atoms with Gasteiger partial charge in [-0.05, 0) is 36.8 Å². The smallest absolute Gasteiger partial charge is 0.258 e. The largest absolute Gasteiger partial charge is 0.359 e. The number of halogens is 2. The minimum absolute atomic E-state index is 0.0186. The summed E-state index contributed by atoms with van der Waals surface area (Å²) in [6, 6.07) is 4.21. The van der Waals surface area contributed by atoms with Crippen molar-refractivity contribution < 1.29 is 13.2 Å². The molecule has 21 heavy (non-hydrogen) atoms. The lowest BCUT2D eigenvalue weighted by atomic mass is 10.2. The maximum Gasteiger partial charge on any atom is 0.258 e. The second-order valence-corrected chi connectivity index (χ2v) is 8.13. The number of sulfone groups is 1. The highest BCUT2D eigenvalue weighted by Crippen LogP contribution is 2.20. The van der Waals surface area contributed by atoms with E-state index in [-0.39, 0.29) is 33.2 Å². The topological polar surface area (TPSA) is 75.3 Å². The first-order valence-electron chi connectivity index (χ1n) is 6.04. The highest BCUT2D eigenvalue weighted by Gasteiger charge is 2.28. The van der Waals surface area contributed by atoms with Crippen LogP contribution in [0.15, 0.2) is 18.2 Å². The minimum atomic E-state index is -3.00. The van der Waals surface area contributed by atoms with Gasteiger partial charge in [0.05, 0.1) is 22.1 Å². The molecular weight excluding hydrogens is 355 g/mol. The first-order valence-corrected chi connectivity index (χ1v) is 9.03. The summed E-state index contributed by atoms with van der Waals surface area (Å²) < 4.78 is 22.7. The molecule has 1 atom stereocenters. The molecule has 1 saturated heterocycles. The number of amides is 1. The predicted octanol–water partition coefficient (Wildman–Crippen LogP) is 1.78. The molecule has 1 heterocycles. The van der Waals surface area contributed by atoms with E-state index in [1.165, 1.54) is 12.1 Å². The Hall–Kier alpha value is -0.890. The Labute approximate surface area is 137 Å². The molecule has 1 fully saturated rings. The molecular formula is C12H12Cl2N2O3S2. The van der Waals surface area contributed by atoms with E-state index in [2.05, 4.69) is 10.6 Å². The number of benzene rings is 1. The highest BCUT2D eigenvalue weighted by atomic mass is 35.5. The van der Waals surface area contributed by atoms with E-state index < -0.39 is 15.7 Å². The zero-order valence-corrected chi connectivity index (χ0v) is 13.9. The summed E-state index contributed by atoms with van der Waals surface area (Å²) in [5.74, 6) is -0.329. The Morgan fingerprint density at radius 1 is 1.33 bits per heavy atom. The molecule has 1 aromatic carbocycles. The van der Waals surface area contributed by atoms with Crippen LogP contribution in [0.2, 0.25) is 10.0 Å². The van der Waals surface area contributed by atoms with Gasteiger partial charge in [-0.3, -0.25) is 10.1 Å². The summed E-state index contributed by atoms with van der Waals surface area (Å²) >= 11 is 16.7. The summed E-state index contributed by atoms with van der Waals surface area (Å²) in [6.07, 6.45) is 0.472. The summed E-state index contributed by atoms with van der Waals surface area (Å²) in [6.45, 7) is 0. The molecule has 114 valence electrons. The van der Waals surface area contributed by atoms with Gasteiger partial charge in [-0.2, -0.15) is 0 Å². The van der Waals surface area contributed by atoms with Crippen LogP contribution in [0.5, 0.6) is 0 Å². The average molecular weight is 367 g/mol. The summed E-state index contributed by atoms with van der Waals surface area (Å²) in [7, 11) is -3.00. The van der Waals surface area contributed by atoms with Crippen LogP contribution in [0.3, 0.4) is 0 Å². The van der Waals surface area contributed by atoms with Crippen LogP contribution in [0.1, 0.15) is 16.8 Å². The third-order valence-corrected chi connectivity index (χ3v) is 5.51. The zero-order chi connectivity index (χ0) is 15.6. The molecule has 0 bridgehead atoms. The second kappa shape index (κ2) is 6.48. The monoisotopic (exact) mass is 366 g/mol. The van der Waals surface area contributed by atoms with Crippen LogP contribution < -0.4 is 10.6 Å². The number of carbonyl (C=O) groups is 1. The molecule has 1 amide bonds. The number of hydrogen-bond acceptors (Lipinski definition) is 4. The van der Waals surface area contributed by atoms with Crippen molar-refractivity contribution in [1.29, 1.82) is 0 Å². The molecule has 0 aliphatic carbocycles. The fourth-order valence-corrected chi connectivity index (χ4v) is 4.40. The molecule has 0 radical (unpaired) electrons. The lowest BCUT2D eigenvalue weighted by Crippen LogP contribution is -2.44. The maximum atomic E-state index is 12.0.